The van der Waals surface area contributed by atoms with Crippen LogP contribution >= 0.6 is 0 Å². The lowest BCUT2D eigenvalue weighted by atomic mass is 9.87. The Morgan fingerprint density at radius 3 is 2.62 bits per heavy atom. The molecule has 1 aliphatic heterocycles. The molecule has 1 aromatic heterocycles. The molecule has 0 atom stereocenters. The Morgan fingerprint density at radius 2 is 1.90 bits per heavy atom. The standard InChI is InChI=1S/C32H32FN3O3/c1-3-26(23-5-4-6-25(19-23)39-24-15-17-36(2)18-16-24)31(22-10-7-21(8-11-22)9-14-30(37)38)27-12-13-29-28(32(27)33)20-34-35-29/h4-14,19-20,24H,3,15-18H2,1-2H3,(H,34,35)(H,37,38). The largest absolute Gasteiger partial charge is 0.490 e. The number of carboxylic acid groups (broad SMARTS) is 1. The molecule has 0 saturated carbocycles. The van der Waals surface area contributed by atoms with E-state index in [2.05, 4.69) is 35.1 Å². The Hall–Kier alpha value is -4.23. The average molecular weight is 526 g/mol. The second-order valence-electron chi connectivity index (χ2n) is 9.91. The molecule has 0 radical (unpaired) electrons. The number of halogens is 1. The van der Waals surface area contributed by atoms with Crippen LogP contribution in [-0.2, 0) is 4.79 Å². The first-order valence-corrected chi connectivity index (χ1v) is 13.2. The van der Waals surface area contributed by atoms with Crippen molar-refractivity contribution in [1.29, 1.82) is 0 Å². The van der Waals surface area contributed by atoms with Gasteiger partial charge in [-0.2, -0.15) is 5.10 Å². The number of ether oxygens (including phenoxy) is 1. The minimum atomic E-state index is -1.01. The van der Waals surface area contributed by atoms with Gasteiger partial charge in [-0.1, -0.05) is 43.3 Å². The fourth-order valence-corrected chi connectivity index (χ4v) is 5.17. The number of carbonyl (C=O) groups is 1. The summed E-state index contributed by atoms with van der Waals surface area (Å²) in [4.78, 5) is 13.3. The first-order valence-electron chi connectivity index (χ1n) is 13.2. The molecular weight excluding hydrogens is 493 g/mol. The van der Waals surface area contributed by atoms with E-state index in [0.717, 1.165) is 65.6 Å². The van der Waals surface area contributed by atoms with Crippen molar-refractivity contribution in [3.63, 3.8) is 0 Å². The van der Waals surface area contributed by atoms with E-state index in [1.54, 1.807) is 6.07 Å². The van der Waals surface area contributed by atoms with Gasteiger partial charge in [0.15, 0.2) is 0 Å². The van der Waals surface area contributed by atoms with Gasteiger partial charge in [0.25, 0.3) is 0 Å². The zero-order valence-corrected chi connectivity index (χ0v) is 22.2. The number of hydrogen-bond acceptors (Lipinski definition) is 4. The number of carboxylic acids is 1. The molecule has 7 heteroatoms. The molecule has 5 rings (SSSR count). The van der Waals surface area contributed by atoms with Gasteiger partial charge in [-0.15, -0.1) is 0 Å². The van der Waals surface area contributed by atoms with Crippen LogP contribution in [0.4, 0.5) is 4.39 Å². The number of nitrogens with zero attached hydrogens (tertiary/aromatic N) is 2. The highest BCUT2D eigenvalue weighted by Gasteiger charge is 2.21. The molecule has 4 aromatic rings. The van der Waals surface area contributed by atoms with E-state index in [0.29, 0.717) is 22.9 Å². The van der Waals surface area contributed by atoms with Crippen molar-refractivity contribution in [2.24, 2.45) is 0 Å². The Morgan fingerprint density at radius 1 is 1.13 bits per heavy atom. The van der Waals surface area contributed by atoms with Gasteiger partial charge >= 0.3 is 5.97 Å². The van der Waals surface area contributed by atoms with Gasteiger partial charge in [0.05, 0.1) is 17.1 Å². The first-order chi connectivity index (χ1) is 18.9. The second-order valence-corrected chi connectivity index (χ2v) is 9.91. The molecule has 2 heterocycles. The van der Waals surface area contributed by atoms with Crippen LogP contribution in [0.5, 0.6) is 5.75 Å². The highest BCUT2D eigenvalue weighted by atomic mass is 19.1. The molecule has 0 unspecified atom stereocenters. The fourth-order valence-electron chi connectivity index (χ4n) is 5.17. The third-order valence-corrected chi connectivity index (χ3v) is 7.25. The van der Waals surface area contributed by atoms with Crippen LogP contribution in [0.25, 0.3) is 28.1 Å². The van der Waals surface area contributed by atoms with E-state index in [4.69, 9.17) is 9.84 Å². The topological polar surface area (TPSA) is 78.4 Å². The van der Waals surface area contributed by atoms with Crippen LogP contribution in [0.3, 0.4) is 0 Å². The summed E-state index contributed by atoms with van der Waals surface area (Å²) in [6.45, 7) is 4.10. The number of rotatable bonds is 8. The highest BCUT2D eigenvalue weighted by Crippen LogP contribution is 2.38. The number of benzene rings is 3. The van der Waals surface area contributed by atoms with E-state index in [1.807, 2.05) is 48.5 Å². The molecule has 6 nitrogen and oxygen atoms in total. The number of hydrogen-bond donors (Lipinski definition) is 2. The number of piperidine rings is 1. The van der Waals surface area contributed by atoms with Crippen molar-refractivity contribution in [3.8, 4) is 5.75 Å². The lowest BCUT2D eigenvalue weighted by molar-refractivity contribution is -0.131. The van der Waals surface area contributed by atoms with Crippen LogP contribution in [0.15, 0.2) is 72.9 Å². The van der Waals surface area contributed by atoms with Gasteiger partial charge in [0.2, 0.25) is 0 Å². The van der Waals surface area contributed by atoms with Gasteiger partial charge in [-0.05, 0) is 84.5 Å². The first kappa shape index (κ1) is 26.4. The molecule has 0 amide bonds. The molecule has 39 heavy (non-hydrogen) atoms. The second kappa shape index (κ2) is 11.7. The predicted octanol–water partition coefficient (Wildman–Crippen LogP) is 6.64. The van der Waals surface area contributed by atoms with Crippen LogP contribution in [0, 0.1) is 5.82 Å². The molecule has 0 aliphatic carbocycles. The third kappa shape index (κ3) is 5.94. The van der Waals surface area contributed by atoms with Gasteiger partial charge in [-0.25, -0.2) is 9.18 Å². The molecule has 200 valence electrons. The number of allylic oxidation sites excluding steroid dienone is 1. The van der Waals surface area contributed by atoms with Crippen molar-refractivity contribution in [3.05, 3.63) is 101 Å². The van der Waals surface area contributed by atoms with Crippen molar-refractivity contribution < 1.29 is 19.0 Å². The summed E-state index contributed by atoms with van der Waals surface area (Å²) in [5.74, 6) is -0.534. The number of nitrogens with one attached hydrogen (secondary N) is 1. The summed E-state index contributed by atoms with van der Waals surface area (Å²) in [7, 11) is 2.13. The molecule has 0 spiro atoms. The maximum absolute atomic E-state index is 16.0. The maximum Gasteiger partial charge on any atom is 0.328 e. The van der Waals surface area contributed by atoms with Crippen molar-refractivity contribution in [2.45, 2.75) is 32.3 Å². The summed E-state index contributed by atoms with van der Waals surface area (Å²) in [6, 6.07) is 19.2. The van der Waals surface area contributed by atoms with Crippen LogP contribution in [-0.4, -0.2) is 52.4 Å². The Bertz CT molecular complexity index is 1530. The maximum atomic E-state index is 16.0. The number of H-pyrrole nitrogens is 1. The van der Waals surface area contributed by atoms with Gasteiger partial charge in [0.1, 0.15) is 17.7 Å². The summed E-state index contributed by atoms with van der Waals surface area (Å²) < 4.78 is 22.3. The predicted molar refractivity (Wildman–Crippen MR) is 153 cm³/mol. The third-order valence-electron chi connectivity index (χ3n) is 7.25. The zero-order chi connectivity index (χ0) is 27.4. The molecule has 1 aliphatic rings. The number of likely N-dealkylation sites (tertiary alicyclic amines) is 1. The van der Waals surface area contributed by atoms with Crippen molar-refractivity contribution >= 4 is 34.1 Å². The van der Waals surface area contributed by atoms with Crippen molar-refractivity contribution in [1.82, 2.24) is 15.1 Å². The Labute approximate surface area is 227 Å². The zero-order valence-electron chi connectivity index (χ0n) is 22.2. The molecule has 2 N–H and O–H groups in total. The van der Waals surface area contributed by atoms with Crippen LogP contribution in [0.2, 0.25) is 0 Å². The molecular formula is C32H32FN3O3. The van der Waals surface area contributed by atoms with E-state index < -0.39 is 5.97 Å². The number of aliphatic carboxylic acids is 1. The molecule has 3 aromatic carbocycles. The monoisotopic (exact) mass is 525 g/mol. The van der Waals surface area contributed by atoms with Crippen LogP contribution < -0.4 is 4.74 Å². The SMILES string of the molecule is CCC(=C(c1ccc(C=CC(=O)O)cc1)c1ccc2[nH]ncc2c1F)c1cccc(OC2CCN(C)CC2)c1. The van der Waals surface area contributed by atoms with E-state index >= 15 is 4.39 Å². The van der Waals surface area contributed by atoms with Gasteiger partial charge in [0, 0.05) is 24.7 Å². The summed E-state index contributed by atoms with van der Waals surface area (Å²) in [5.41, 5.74) is 5.44. The summed E-state index contributed by atoms with van der Waals surface area (Å²) >= 11 is 0. The lowest BCUT2D eigenvalue weighted by Gasteiger charge is -2.29. The van der Waals surface area contributed by atoms with Crippen LogP contribution in [0.1, 0.15) is 48.4 Å². The Balaban J connectivity index is 1.61. The number of aromatic nitrogens is 2. The van der Waals surface area contributed by atoms with Crippen molar-refractivity contribution in [2.75, 3.05) is 20.1 Å². The smallest absolute Gasteiger partial charge is 0.328 e. The average Bonchev–Trinajstić information content (AvgIpc) is 3.43. The van der Waals surface area contributed by atoms with Gasteiger partial charge in [-0.3, -0.25) is 5.10 Å². The summed E-state index contributed by atoms with van der Waals surface area (Å²) in [5, 5.41) is 16.3. The fraction of sp³-hybridized carbons (Fsp3) is 0.250. The minimum Gasteiger partial charge on any atom is -0.490 e. The molecule has 1 saturated heterocycles. The summed E-state index contributed by atoms with van der Waals surface area (Å²) in [6.07, 6.45) is 6.97. The normalized spacial score (nSPS) is 15.6. The van der Waals surface area contributed by atoms with E-state index in [1.165, 1.54) is 12.3 Å². The quantitative estimate of drug-likeness (QED) is 0.199. The number of fused-ring (bicyclic) bond motifs is 1. The molecule has 1 fully saturated rings. The number of aromatic amines is 1. The van der Waals surface area contributed by atoms with E-state index in [9.17, 15) is 4.79 Å². The minimum absolute atomic E-state index is 0.178. The van der Waals surface area contributed by atoms with E-state index in [-0.39, 0.29) is 11.9 Å². The Kier molecular flexibility index (Phi) is 7.89. The van der Waals surface area contributed by atoms with Gasteiger partial charge < -0.3 is 14.7 Å². The lowest BCUT2D eigenvalue weighted by Crippen LogP contribution is -2.35. The molecule has 0 bridgehead atoms. The highest BCUT2D eigenvalue weighted by molar-refractivity contribution is 6.01.